The molecule has 0 amide bonds. The first-order valence-corrected chi connectivity index (χ1v) is 7.93. The third kappa shape index (κ3) is 5.52. The monoisotopic (exact) mass is 347 g/mol. The van der Waals surface area contributed by atoms with Gasteiger partial charge in [-0.2, -0.15) is 0 Å². The van der Waals surface area contributed by atoms with E-state index in [1.165, 1.54) is 5.56 Å². The molecule has 0 saturated heterocycles. The zero-order valence-electron chi connectivity index (χ0n) is 12.8. The lowest BCUT2D eigenvalue weighted by atomic mass is 10.1. The van der Waals surface area contributed by atoms with Crippen LogP contribution in [0.1, 0.15) is 31.9 Å². The third-order valence-corrected chi connectivity index (χ3v) is 3.62. The van der Waals surface area contributed by atoms with Gasteiger partial charge in [-0.05, 0) is 44.5 Å². The van der Waals surface area contributed by atoms with Crippen LogP contribution in [-0.2, 0) is 13.2 Å². The van der Waals surface area contributed by atoms with Crippen LogP contribution in [0.5, 0.6) is 5.75 Å². The first-order valence-electron chi connectivity index (χ1n) is 7.14. The first kappa shape index (κ1) is 16.1. The van der Waals surface area contributed by atoms with Crippen molar-refractivity contribution in [3.8, 4) is 5.75 Å². The average molecular weight is 348 g/mol. The fraction of sp³-hybridized carbons (Fsp3) is 0.333. The van der Waals surface area contributed by atoms with Crippen molar-refractivity contribution in [2.45, 2.75) is 39.5 Å². The van der Waals surface area contributed by atoms with Gasteiger partial charge in [0.2, 0.25) is 0 Å². The normalized spacial score (nSPS) is 11.4. The van der Waals surface area contributed by atoms with Crippen molar-refractivity contribution in [3.63, 3.8) is 0 Å². The highest BCUT2D eigenvalue weighted by atomic mass is 79.9. The maximum Gasteiger partial charge on any atom is 0.124 e. The van der Waals surface area contributed by atoms with E-state index in [0.29, 0.717) is 6.61 Å². The van der Waals surface area contributed by atoms with Crippen molar-refractivity contribution in [2.75, 3.05) is 0 Å². The predicted molar refractivity (Wildman–Crippen MR) is 91.5 cm³/mol. The van der Waals surface area contributed by atoms with Crippen LogP contribution in [0.4, 0.5) is 0 Å². The molecule has 0 aromatic heterocycles. The molecule has 0 fully saturated rings. The van der Waals surface area contributed by atoms with Gasteiger partial charge in [0.25, 0.3) is 0 Å². The topological polar surface area (TPSA) is 21.3 Å². The van der Waals surface area contributed by atoms with Gasteiger partial charge in [-0.15, -0.1) is 0 Å². The summed E-state index contributed by atoms with van der Waals surface area (Å²) in [5.74, 6) is 0.942. The molecule has 2 aromatic rings. The van der Waals surface area contributed by atoms with Gasteiger partial charge < -0.3 is 10.1 Å². The summed E-state index contributed by atoms with van der Waals surface area (Å²) in [4.78, 5) is 0. The van der Waals surface area contributed by atoms with Crippen LogP contribution in [0, 0.1) is 0 Å². The van der Waals surface area contributed by atoms with Crippen LogP contribution >= 0.6 is 15.9 Å². The molecule has 0 spiro atoms. The van der Waals surface area contributed by atoms with E-state index in [2.05, 4.69) is 60.2 Å². The molecule has 0 bridgehead atoms. The van der Waals surface area contributed by atoms with Crippen LogP contribution in [0.15, 0.2) is 53.0 Å². The van der Waals surface area contributed by atoms with Gasteiger partial charge >= 0.3 is 0 Å². The van der Waals surface area contributed by atoms with E-state index in [4.69, 9.17) is 4.74 Å². The molecule has 0 radical (unpaired) electrons. The Balaban J connectivity index is 2.01. The van der Waals surface area contributed by atoms with Crippen LogP contribution in [0.3, 0.4) is 0 Å². The van der Waals surface area contributed by atoms with Gasteiger partial charge in [0.1, 0.15) is 12.4 Å². The van der Waals surface area contributed by atoms with Gasteiger partial charge in [-0.1, -0.05) is 46.3 Å². The molecule has 0 saturated carbocycles. The van der Waals surface area contributed by atoms with Gasteiger partial charge in [0.15, 0.2) is 0 Å². The van der Waals surface area contributed by atoms with E-state index >= 15 is 0 Å². The van der Waals surface area contributed by atoms with Crippen molar-refractivity contribution in [2.24, 2.45) is 0 Å². The molecule has 112 valence electrons. The largest absolute Gasteiger partial charge is 0.489 e. The van der Waals surface area contributed by atoms with Gasteiger partial charge in [0.05, 0.1) is 0 Å². The zero-order chi connectivity index (χ0) is 15.3. The number of halogens is 1. The van der Waals surface area contributed by atoms with E-state index < -0.39 is 0 Å². The summed E-state index contributed by atoms with van der Waals surface area (Å²) in [5.41, 5.74) is 2.44. The lowest BCUT2D eigenvalue weighted by Crippen LogP contribution is -2.35. The molecular weight excluding hydrogens is 326 g/mol. The number of para-hydroxylation sites is 1. The summed E-state index contributed by atoms with van der Waals surface area (Å²) in [6.45, 7) is 7.88. The Morgan fingerprint density at radius 2 is 1.67 bits per heavy atom. The quantitative estimate of drug-likeness (QED) is 0.828. The molecule has 0 aliphatic carbocycles. The Morgan fingerprint density at radius 3 is 2.33 bits per heavy atom. The van der Waals surface area contributed by atoms with E-state index in [-0.39, 0.29) is 5.54 Å². The fourth-order valence-corrected chi connectivity index (χ4v) is 2.16. The second-order valence-electron chi connectivity index (χ2n) is 6.13. The molecule has 2 aromatic carbocycles. The number of ether oxygens (including phenoxy) is 1. The number of hydrogen-bond acceptors (Lipinski definition) is 2. The minimum absolute atomic E-state index is 0.0960. The summed E-state index contributed by atoms with van der Waals surface area (Å²) in [6.07, 6.45) is 0. The van der Waals surface area contributed by atoms with E-state index in [9.17, 15) is 0 Å². The zero-order valence-corrected chi connectivity index (χ0v) is 14.4. The lowest BCUT2D eigenvalue weighted by Gasteiger charge is -2.21. The molecule has 2 nitrogen and oxygen atoms in total. The summed E-state index contributed by atoms with van der Waals surface area (Å²) in [6, 6.07) is 16.4. The van der Waals surface area contributed by atoms with Gasteiger partial charge in [-0.3, -0.25) is 0 Å². The maximum atomic E-state index is 5.97. The summed E-state index contributed by atoms with van der Waals surface area (Å²) in [7, 11) is 0. The van der Waals surface area contributed by atoms with Crippen molar-refractivity contribution < 1.29 is 4.74 Å². The second kappa shape index (κ2) is 7.10. The summed E-state index contributed by atoms with van der Waals surface area (Å²) in [5, 5.41) is 3.50. The van der Waals surface area contributed by atoms with Crippen LogP contribution < -0.4 is 10.1 Å². The molecule has 0 unspecified atom stereocenters. The molecule has 0 aliphatic heterocycles. The number of rotatable bonds is 5. The smallest absolute Gasteiger partial charge is 0.124 e. The standard InChI is InChI=1S/C18H22BrNO/c1-18(2,3)20-12-15-6-4-5-7-17(15)21-13-14-8-10-16(19)11-9-14/h4-11,20H,12-13H2,1-3H3. The predicted octanol–water partition coefficient (Wildman–Crippen LogP) is 4.92. The molecule has 3 heteroatoms. The van der Waals surface area contributed by atoms with Crippen molar-refractivity contribution >= 4 is 15.9 Å². The number of nitrogens with one attached hydrogen (secondary N) is 1. The molecule has 21 heavy (non-hydrogen) atoms. The minimum atomic E-state index is 0.0960. The van der Waals surface area contributed by atoms with Crippen molar-refractivity contribution in [3.05, 3.63) is 64.1 Å². The molecular formula is C18H22BrNO. The van der Waals surface area contributed by atoms with Crippen LogP contribution in [-0.4, -0.2) is 5.54 Å². The molecule has 2 rings (SSSR count). The van der Waals surface area contributed by atoms with Gasteiger partial charge in [0, 0.05) is 22.1 Å². The van der Waals surface area contributed by atoms with E-state index in [1.54, 1.807) is 0 Å². The Hall–Kier alpha value is -1.32. The highest BCUT2D eigenvalue weighted by Gasteiger charge is 2.10. The lowest BCUT2D eigenvalue weighted by molar-refractivity contribution is 0.300. The molecule has 1 N–H and O–H groups in total. The third-order valence-electron chi connectivity index (χ3n) is 3.09. The average Bonchev–Trinajstić information content (AvgIpc) is 2.44. The van der Waals surface area contributed by atoms with Gasteiger partial charge in [-0.25, -0.2) is 0 Å². The molecule has 0 atom stereocenters. The van der Waals surface area contributed by atoms with Crippen LogP contribution in [0.2, 0.25) is 0 Å². The SMILES string of the molecule is CC(C)(C)NCc1ccccc1OCc1ccc(Br)cc1. The molecule has 0 heterocycles. The highest BCUT2D eigenvalue weighted by Crippen LogP contribution is 2.20. The van der Waals surface area contributed by atoms with Crippen molar-refractivity contribution in [1.29, 1.82) is 0 Å². The van der Waals surface area contributed by atoms with Crippen LogP contribution in [0.25, 0.3) is 0 Å². The fourth-order valence-electron chi connectivity index (χ4n) is 1.89. The van der Waals surface area contributed by atoms with E-state index in [1.807, 2.05) is 30.3 Å². The Morgan fingerprint density at radius 1 is 1.00 bits per heavy atom. The Bertz CT molecular complexity index is 573. The summed E-state index contributed by atoms with van der Waals surface area (Å²) >= 11 is 3.44. The number of hydrogen-bond donors (Lipinski definition) is 1. The Labute approximate surface area is 135 Å². The van der Waals surface area contributed by atoms with E-state index in [0.717, 1.165) is 22.3 Å². The summed E-state index contributed by atoms with van der Waals surface area (Å²) < 4.78 is 7.06. The Kier molecular flexibility index (Phi) is 5.43. The molecule has 0 aliphatic rings. The second-order valence-corrected chi connectivity index (χ2v) is 7.04. The number of benzene rings is 2. The minimum Gasteiger partial charge on any atom is -0.489 e. The highest BCUT2D eigenvalue weighted by molar-refractivity contribution is 9.10. The van der Waals surface area contributed by atoms with Crippen molar-refractivity contribution in [1.82, 2.24) is 5.32 Å². The maximum absolute atomic E-state index is 5.97. The first-order chi connectivity index (χ1) is 9.94.